The van der Waals surface area contributed by atoms with Gasteiger partial charge in [-0.3, -0.25) is 0 Å². The lowest BCUT2D eigenvalue weighted by atomic mass is 9.96. The van der Waals surface area contributed by atoms with E-state index in [9.17, 15) is 23.1 Å². The first kappa shape index (κ1) is 17.3. The van der Waals surface area contributed by atoms with Crippen LogP contribution in [-0.2, 0) is 11.0 Å². The van der Waals surface area contributed by atoms with Crippen LogP contribution in [0.15, 0.2) is 66.8 Å². The Kier molecular flexibility index (Phi) is 5.08. The van der Waals surface area contributed by atoms with Gasteiger partial charge in [0.15, 0.2) is 0 Å². The predicted molar refractivity (Wildman–Crippen MR) is 83.4 cm³/mol. The third-order valence-electron chi connectivity index (χ3n) is 3.20. The van der Waals surface area contributed by atoms with Crippen LogP contribution in [0.5, 0.6) is 5.75 Å². The number of aromatic hydroxyl groups is 1. The van der Waals surface area contributed by atoms with Crippen molar-refractivity contribution in [1.29, 1.82) is 0 Å². The van der Waals surface area contributed by atoms with Crippen molar-refractivity contribution in [3.8, 4) is 5.75 Å². The number of allylic oxidation sites excluding steroid dienone is 2. The Balaban J connectivity index is 2.46. The van der Waals surface area contributed by atoms with Gasteiger partial charge in [0.1, 0.15) is 5.75 Å². The summed E-state index contributed by atoms with van der Waals surface area (Å²) in [6.07, 6.45) is -0.722. The van der Waals surface area contributed by atoms with Crippen molar-refractivity contribution in [1.82, 2.24) is 0 Å². The standard InChI is InChI=1S/C18H13F3O3/c19-18(20,21)14-8-4-12(5-9-14)16(2-1-3-17(23)24)13-6-10-15(22)11-7-13/h1-11,22H,(H,23,24). The Labute approximate surface area is 136 Å². The molecular formula is C18H13F3O3. The molecule has 0 aromatic heterocycles. The number of aliphatic carboxylic acids is 1. The molecule has 6 heteroatoms. The molecule has 3 nitrogen and oxygen atoms in total. The Morgan fingerprint density at radius 3 is 1.88 bits per heavy atom. The fourth-order valence-corrected chi connectivity index (χ4v) is 2.07. The van der Waals surface area contributed by atoms with Crippen molar-refractivity contribution in [2.75, 3.05) is 0 Å². The molecule has 0 unspecified atom stereocenters. The number of carboxylic acid groups (broad SMARTS) is 1. The lowest BCUT2D eigenvalue weighted by Crippen LogP contribution is -2.04. The van der Waals surface area contributed by atoms with Gasteiger partial charge in [-0.25, -0.2) is 4.79 Å². The molecule has 0 saturated carbocycles. The van der Waals surface area contributed by atoms with E-state index < -0.39 is 17.7 Å². The van der Waals surface area contributed by atoms with Crippen LogP contribution in [0.3, 0.4) is 0 Å². The van der Waals surface area contributed by atoms with Crippen LogP contribution >= 0.6 is 0 Å². The summed E-state index contributed by atoms with van der Waals surface area (Å²) in [5.41, 5.74) is 0.880. The summed E-state index contributed by atoms with van der Waals surface area (Å²) in [6, 6.07) is 10.6. The highest BCUT2D eigenvalue weighted by molar-refractivity contribution is 5.84. The summed E-state index contributed by atoms with van der Waals surface area (Å²) in [6.45, 7) is 0. The van der Waals surface area contributed by atoms with Crippen LogP contribution in [0, 0.1) is 0 Å². The van der Waals surface area contributed by atoms with E-state index in [0.29, 0.717) is 16.7 Å². The Morgan fingerprint density at radius 1 is 0.917 bits per heavy atom. The van der Waals surface area contributed by atoms with Gasteiger partial charge in [0.25, 0.3) is 0 Å². The SMILES string of the molecule is O=C(O)C=CC=C(c1ccc(O)cc1)c1ccc(C(F)(F)F)cc1. The normalized spacial score (nSPS) is 12.5. The van der Waals surface area contributed by atoms with Crippen LogP contribution in [0.25, 0.3) is 5.57 Å². The second kappa shape index (κ2) is 7.04. The molecule has 0 aliphatic carbocycles. The molecule has 0 amide bonds. The lowest BCUT2D eigenvalue weighted by Gasteiger charge is -2.11. The van der Waals surface area contributed by atoms with Crippen molar-refractivity contribution < 1.29 is 28.2 Å². The minimum atomic E-state index is -4.43. The number of alkyl halides is 3. The fourth-order valence-electron chi connectivity index (χ4n) is 2.07. The summed E-state index contributed by atoms with van der Waals surface area (Å²) < 4.78 is 38.0. The van der Waals surface area contributed by atoms with Crippen molar-refractivity contribution in [3.63, 3.8) is 0 Å². The molecule has 0 saturated heterocycles. The van der Waals surface area contributed by atoms with E-state index in [-0.39, 0.29) is 5.75 Å². The number of halogens is 3. The molecule has 2 rings (SSSR count). The Morgan fingerprint density at radius 2 is 1.42 bits per heavy atom. The second-order valence-corrected chi connectivity index (χ2v) is 4.90. The third kappa shape index (κ3) is 4.49. The van der Waals surface area contributed by atoms with Crippen molar-refractivity contribution >= 4 is 11.5 Å². The highest BCUT2D eigenvalue weighted by Gasteiger charge is 2.30. The van der Waals surface area contributed by atoms with E-state index in [0.717, 1.165) is 18.2 Å². The first-order chi connectivity index (χ1) is 11.3. The summed E-state index contributed by atoms with van der Waals surface area (Å²) in [7, 11) is 0. The highest BCUT2D eigenvalue weighted by Crippen LogP contribution is 2.31. The van der Waals surface area contributed by atoms with Gasteiger partial charge in [-0.15, -0.1) is 0 Å². The van der Waals surface area contributed by atoms with Gasteiger partial charge in [0.2, 0.25) is 0 Å². The monoisotopic (exact) mass is 334 g/mol. The molecule has 24 heavy (non-hydrogen) atoms. The number of hydrogen-bond donors (Lipinski definition) is 2. The van der Waals surface area contributed by atoms with Gasteiger partial charge < -0.3 is 10.2 Å². The Bertz CT molecular complexity index is 771. The number of carbonyl (C=O) groups is 1. The molecule has 2 aromatic rings. The van der Waals surface area contributed by atoms with Gasteiger partial charge in [0, 0.05) is 6.08 Å². The zero-order valence-corrected chi connectivity index (χ0v) is 12.3. The fraction of sp³-hybridized carbons (Fsp3) is 0.0556. The van der Waals surface area contributed by atoms with Crippen LogP contribution in [0.1, 0.15) is 16.7 Å². The quantitative estimate of drug-likeness (QED) is 0.640. The van der Waals surface area contributed by atoms with Crippen molar-refractivity contribution in [2.45, 2.75) is 6.18 Å². The molecule has 2 N–H and O–H groups in total. The van der Waals surface area contributed by atoms with E-state index in [2.05, 4.69) is 0 Å². The van der Waals surface area contributed by atoms with Gasteiger partial charge in [-0.1, -0.05) is 36.4 Å². The van der Waals surface area contributed by atoms with Gasteiger partial charge >= 0.3 is 12.1 Å². The molecule has 0 bridgehead atoms. The smallest absolute Gasteiger partial charge is 0.416 e. The van der Waals surface area contributed by atoms with E-state index in [4.69, 9.17) is 5.11 Å². The summed E-state index contributed by atoms with van der Waals surface area (Å²) in [5, 5.41) is 18.0. The molecule has 2 aromatic carbocycles. The molecule has 0 radical (unpaired) electrons. The van der Waals surface area contributed by atoms with E-state index in [1.165, 1.54) is 36.4 Å². The second-order valence-electron chi connectivity index (χ2n) is 4.90. The molecular weight excluding hydrogens is 321 g/mol. The van der Waals surface area contributed by atoms with Gasteiger partial charge in [0.05, 0.1) is 5.56 Å². The summed E-state index contributed by atoms with van der Waals surface area (Å²) >= 11 is 0. The zero-order valence-electron chi connectivity index (χ0n) is 12.3. The maximum absolute atomic E-state index is 12.7. The number of benzene rings is 2. The molecule has 0 aliphatic rings. The average molecular weight is 334 g/mol. The van der Waals surface area contributed by atoms with Crippen LogP contribution in [0.2, 0.25) is 0 Å². The maximum Gasteiger partial charge on any atom is 0.416 e. The minimum absolute atomic E-state index is 0.0478. The average Bonchev–Trinajstić information content (AvgIpc) is 2.52. The Hall–Kier alpha value is -3.02. The van der Waals surface area contributed by atoms with E-state index in [1.807, 2.05) is 0 Å². The van der Waals surface area contributed by atoms with Crippen molar-refractivity contribution in [2.24, 2.45) is 0 Å². The van der Waals surface area contributed by atoms with Crippen LogP contribution in [0.4, 0.5) is 13.2 Å². The van der Waals surface area contributed by atoms with Crippen molar-refractivity contribution in [3.05, 3.63) is 83.4 Å². The maximum atomic E-state index is 12.7. The highest BCUT2D eigenvalue weighted by atomic mass is 19.4. The molecule has 0 aliphatic heterocycles. The van der Waals surface area contributed by atoms with E-state index >= 15 is 0 Å². The molecule has 0 atom stereocenters. The minimum Gasteiger partial charge on any atom is -0.508 e. The number of phenolic OH excluding ortho intramolecular Hbond substituents is 1. The summed E-state index contributed by atoms with van der Waals surface area (Å²) in [4.78, 5) is 10.6. The number of hydrogen-bond acceptors (Lipinski definition) is 2. The first-order valence-corrected chi connectivity index (χ1v) is 6.86. The van der Waals surface area contributed by atoms with Gasteiger partial charge in [-0.2, -0.15) is 13.2 Å². The van der Waals surface area contributed by atoms with Crippen LogP contribution < -0.4 is 0 Å². The molecule has 124 valence electrons. The van der Waals surface area contributed by atoms with E-state index in [1.54, 1.807) is 12.1 Å². The first-order valence-electron chi connectivity index (χ1n) is 6.86. The summed E-state index contributed by atoms with van der Waals surface area (Å²) in [5.74, 6) is -1.09. The predicted octanol–water partition coefficient (Wildman–Crippen LogP) is 4.48. The molecule has 0 fully saturated rings. The topological polar surface area (TPSA) is 57.5 Å². The van der Waals surface area contributed by atoms with Crippen LogP contribution in [-0.4, -0.2) is 16.2 Å². The van der Waals surface area contributed by atoms with Gasteiger partial charge in [-0.05, 0) is 41.0 Å². The molecule has 0 heterocycles. The number of phenols is 1. The number of rotatable bonds is 4. The number of carboxylic acids is 1. The third-order valence-corrected chi connectivity index (χ3v) is 3.20. The molecule has 0 spiro atoms. The zero-order chi connectivity index (χ0) is 17.7. The lowest BCUT2D eigenvalue weighted by molar-refractivity contribution is -0.137. The largest absolute Gasteiger partial charge is 0.508 e.